The molecule has 4 heteroatoms. The molecule has 0 fully saturated rings. The van der Waals surface area contributed by atoms with Gasteiger partial charge < -0.3 is 5.11 Å². The molecule has 0 rings (SSSR count). The molecule has 0 heterocycles. The van der Waals surface area contributed by atoms with Crippen molar-refractivity contribution in [1.29, 1.82) is 0 Å². The van der Waals surface area contributed by atoms with E-state index in [9.17, 15) is 4.79 Å². The maximum atomic E-state index is 10.3. The molecule has 0 bridgehead atoms. The van der Waals surface area contributed by atoms with Gasteiger partial charge in [-0.2, -0.15) is 0 Å². The summed E-state index contributed by atoms with van der Waals surface area (Å²) in [6.45, 7) is 7.14. The minimum Gasteiger partial charge on any atom is -0.481 e. The molecule has 0 aliphatic heterocycles. The van der Waals surface area contributed by atoms with E-state index in [0.29, 0.717) is 0 Å². The highest BCUT2D eigenvalue weighted by atomic mass is 17.2. The van der Waals surface area contributed by atoms with E-state index in [-0.39, 0.29) is 6.61 Å². The number of carbonyl (C=O) groups is 1. The van der Waals surface area contributed by atoms with Gasteiger partial charge in [-0.15, -0.1) is 0 Å². The standard InChI is InChI=1S/C8H16O4/c1-6(7(9)10)5-11-12-8(2,3)4/h6H,5H2,1-4H3,(H,9,10). The van der Waals surface area contributed by atoms with E-state index in [0.717, 1.165) is 0 Å². The van der Waals surface area contributed by atoms with E-state index in [2.05, 4.69) is 0 Å². The fraction of sp³-hybridized carbons (Fsp3) is 0.875. The third kappa shape index (κ3) is 6.12. The Morgan fingerprint density at radius 2 is 2.00 bits per heavy atom. The monoisotopic (exact) mass is 176 g/mol. The van der Waals surface area contributed by atoms with Crippen LogP contribution in [-0.4, -0.2) is 23.3 Å². The maximum absolute atomic E-state index is 10.3. The van der Waals surface area contributed by atoms with Gasteiger partial charge in [0.1, 0.15) is 0 Å². The van der Waals surface area contributed by atoms with Crippen LogP contribution in [0.2, 0.25) is 0 Å². The summed E-state index contributed by atoms with van der Waals surface area (Å²) < 4.78 is 0. The van der Waals surface area contributed by atoms with Crippen LogP contribution in [0.4, 0.5) is 0 Å². The lowest BCUT2D eigenvalue weighted by atomic mass is 10.2. The second kappa shape index (κ2) is 4.42. The average molecular weight is 176 g/mol. The molecule has 0 aromatic carbocycles. The lowest BCUT2D eigenvalue weighted by molar-refractivity contribution is -0.352. The molecule has 0 saturated carbocycles. The molecule has 1 unspecified atom stereocenters. The summed E-state index contributed by atoms with van der Waals surface area (Å²) in [5.74, 6) is -1.42. The quantitative estimate of drug-likeness (QED) is 0.520. The van der Waals surface area contributed by atoms with Crippen molar-refractivity contribution in [3.63, 3.8) is 0 Å². The number of carboxylic acid groups (broad SMARTS) is 1. The van der Waals surface area contributed by atoms with E-state index in [1.807, 2.05) is 20.8 Å². The fourth-order valence-corrected chi connectivity index (χ4v) is 0.384. The van der Waals surface area contributed by atoms with E-state index in [1.165, 1.54) is 0 Å². The minimum atomic E-state index is -0.882. The summed E-state index contributed by atoms with van der Waals surface area (Å²) >= 11 is 0. The van der Waals surface area contributed by atoms with Crippen LogP contribution in [-0.2, 0) is 14.6 Å². The van der Waals surface area contributed by atoms with Gasteiger partial charge in [0.2, 0.25) is 0 Å². The second-order valence-corrected chi connectivity index (χ2v) is 3.72. The van der Waals surface area contributed by atoms with Gasteiger partial charge in [-0.1, -0.05) is 0 Å². The highest BCUT2D eigenvalue weighted by Crippen LogP contribution is 2.08. The Morgan fingerprint density at radius 1 is 1.50 bits per heavy atom. The second-order valence-electron chi connectivity index (χ2n) is 3.72. The van der Waals surface area contributed by atoms with Crippen molar-refractivity contribution in [3.8, 4) is 0 Å². The molecule has 1 N–H and O–H groups in total. The summed E-state index contributed by atoms with van der Waals surface area (Å²) in [5.41, 5.74) is -0.391. The van der Waals surface area contributed by atoms with Gasteiger partial charge in [0.05, 0.1) is 18.1 Å². The topological polar surface area (TPSA) is 55.8 Å². The SMILES string of the molecule is CC(COOC(C)(C)C)C(=O)O. The average Bonchev–Trinajstić information content (AvgIpc) is 1.84. The van der Waals surface area contributed by atoms with Crippen LogP contribution in [0.5, 0.6) is 0 Å². The molecule has 4 nitrogen and oxygen atoms in total. The van der Waals surface area contributed by atoms with Gasteiger partial charge in [-0.25, -0.2) is 9.78 Å². The molecule has 12 heavy (non-hydrogen) atoms. The fourth-order valence-electron chi connectivity index (χ4n) is 0.384. The van der Waals surface area contributed by atoms with Crippen LogP contribution < -0.4 is 0 Å². The van der Waals surface area contributed by atoms with Crippen LogP contribution in [0.25, 0.3) is 0 Å². The summed E-state index contributed by atoms with van der Waals surface area (Å²) in [5, 5.41) is 8.48. The molecule has 1 atom stereocenters. The van der Waals surface area contributed by atoms with Crippen molar-refractivity contribution >= 4 is 5.97 Å². The summed E-state index contributed by atoms with van der Waals surface area (Å²) in [6, 6.07) is 0. The number of aliphatic carboxylic acids is 1. The third-order valence-electron chi connectivity index (χ3n) is 1.05. The van der Waals surface area contributed by atoms with Crippen molar-refractivity contribution < 1.29 is 19.7 Å². The van der Waals surface area contributed by atoms with Crippen LogP contribution in [0.1, 0.15) is 27.7 Å². The molecular formula is C8H16O4. The molecular weight excluding hydrogens is 160 g/mol. The number of hydrogen-bond acceptors (Lipinski definition) is 3. The maximum Gasteiger partial charge on any atom is 0.308 e. The zero-order valence-electron chi connectivity index (χ0n) is 7.96. The molecule has 72 valence electrons. The molecule has 0 aliphatic carbocycles. The summed E-state index contributed by atoms with van der Waals surface area (Å²) in [7, 11) is 0. The first kappa shape index (κ1) is 11.4. The van der Waals surface area contributed by atoms with Crippen molar-refractivity contribution in [3.05, 3.63) is 0 Å². The predicted molar refractivity (Wildman–Crippen MR) is 43.6 cm³/mol. The Balaban J connectivity index is 3.51. The Morgan fingerprint density at radius 3 is 2.33 bits per heavy atom. The lowest BCUT2D eigenvalue weighted by Crippen LogP contribution is -2.23. The molecule has 0 aromatic heterocycles. The molecule has 0 amide bonds. The molecule has 0 radical (unpaired) electrons. The van der Waals surface area contributed by atoms with Gasteiger partial charge in [0, 0.05) is 0 Å². The first-order valence-electron chi connectivity index (χ1n) is 3.86. The largest absolute Gasteiger partial charge is 0.481 e. The Hall–Kier alpha value is -0.610. The van der Waals surface area contributed by atoms with Gasteiger partial charge in [-0.05, 0) is 27.7 Å². The van der Waals surface area contributed by atoms with Crippen LogP contribution in [0, 0.1) is 5.92 Å². The van der Waals surface area contributed by atoms with E-state index < -0.39 is 17.5 Å². The lowest BCUT2D eigenvalue weighted by Gasteiger charge is -2.18. The van der Waals surface area contributed by atoms with Crippen molar-refractivity contribution in [1.82, 2.24) is 0 Å². The van der Waals surface area contributed by atoms with Crippen molar-refractivity contribution in [2.75, 3.05) is 6.61 Å². The third-order valence-corrected chi connectivity index (χ3v) is 1.05. The zero-order chi connectivity index (χ0) is 9.78. The number of hydrogen-bond donors (Lipinski definition) is 1. The first-order valence-corrected chi connectivity index (χ1v) is 3.86. The van der Waals surface area contributed by atoms with Crippen LogP contribution in [0.3, 0.4) is 0 Å². The molecule has 0 aromatic rings. The first-order chi connectivity index (χ1) is 5.33. The van der Waals surface area contributed by atoms with Crippen LogP contribution >= 0.6 is 0 Å². The van der Waals surface area contributed by atoms with Crippen molar-refractivity contribution in [2.24, 2.45) is 5.92 Å². The highest BCUT2D eigenvalue weighted by molar-refractivity contribution is 5.69. The van der Waals surface area contributed by atoms with E-state index in [1.54, 1.807) is 6.92 Å². The Bertz CT molecular complexity index is 148. The zero-order valence-corrected chi connectivity index (χ0v) is 7.96. The highest BCUT2D eigenvalue weighted by Gasteiger charge is 2.15. The molecule has 0 aliphatic rings. The van der Waals surface area contributed by atoms with Crippen LogP contribution in [0.15, 0.2) is 0 Å². The summed E-state index contributed by atoms with van der Waals surface area (Å²) in [6.07, 6.45) is 0. The molecule has 0 saturated heterocycles. The van der Waals surface area contributed by atoms with Gasteiger partial charge >= 0.3 is 5.97 Å². The summed E-state index contributed by atoms with van der Waals surface area (Å²) in [4.78, 5) is 19.9. The normalized spacial score (nSPS) is 14.3. The van der Waals surface area contributed by atoms with Gasteiger partial charge in [0.25, 0.3) is 0 Å². The van der Waals surface area contributed by atoms with E-state index in [4.69, 9.17) is 14.9 Å². The van der Waals surface area contributed by atoms with E-state index >= 15 is 0 Å². The Labute approximate surface area is 72.4 Å². The number of carboxylic acids is 1. The molecule has 0 spiro atoms. The smallest absolute Gasteiger partial charge is 0.308 e. The minimum absolute atomic E-state index is 0.0760. The Kier molecular flexibility index (Phi) is 4.20. The van der Waals surface area contributed by atoms with Gasteiger partial charge in [0.15, 0.2) is 0 Å². The van der Waals surface area contributed by atoms with Gasteiger partial charge in [-0.3, -0.25) is 4.79 Å². The number of rotatable bonds is 4. The van der Waals surface area contributed by atoms with Crippen molar-refractivity contribution in [2.45, 2.75) is 33.3 Å². The predicted octanol–water partition coefficient (Wildman–Crippen LogP) is 1.45.